The van der Waals surface area contributed by atoms with Crippen LogP contribution in [0.3, 0.4) is 0 Å². The van der Waals surface area contributed by atoms with Crippen molar-refractivity contribution in [3.63, 3.8) is 0 Å². The quantitative estimate of drug-likeness (QED) is 0.404. The van der Waals surface area contributed by atoms with Crippen LogP contribution in [0, 0.1) is 0 Å². The molecule has 0 rings (SSSR count). The van der Waals surface area contributed by atoms with Crippen molar-refractivity contribution in [2.24, 2.45) is 0 Å². The van der Waals surface area contributed by atoms with E-state index in [9.17, 15) is 5.11 Å². The summed E-state index contributed by atoms with van der Waals surface area (Å²) in [5.74, 6) is 0. The summed E-state index contributed by atoms with van der Waals surface area (Å²) in [6.07, 6.45) is 3.13. The standard InChI is InChI=1S/C10H18OSi/c1-6-8-9(11)10(7-2)12(3,4)5/h6,8-9,11H,2H2,1,3-5H3/b8-6+/t9-/m0/s1. The van der Waals surface area contributed by atoms with Crippen LogP contribution >= 0.6 is 0 Å². The molecule has 0 spiro atoms. The van der Waals surface area contributed by atoms with Crippen molar-refractivity contribution in [1.82, 2.24) is 0 Å². The Balaban J connectivity index is 4.72. The minimum Gasteiger partial charge on any atom is -0.384 e. The van der Waals surface area contributed by atoms with E-state index in [1.807, 2.05) is 13.0 Å². The van der Waals surface area contributed by atoms with Gasteiger partial charge in [-0.05, 0) is 12.1 Å². The average molecular weight is 182 g/mol. The van der Waals surface area contributed by atoms with Gasteiger partial charge in [-0.1, -0.05) is 38.4 Å². The Morgan fingerprint density at radius 1 is 1.50 bits per heavy atom. The summed E-state index contributed by atoms with van der Waals surface area (Å²) < 4.78 is 0. The molecule has 2 heteroatoms. The molecule has 0 heterocycles. The van der Waals surface area contributed by atoms with E-state index in [1.54, 1.807) is 6.08 Å². The van der Waals surface area contributed by atoms with E-state index in [0.29, 0.717) is 0 Å². The lowest BCUT2D eigenvalue weighted by Gasteiger charge is -2.21. The van der Waals surface area contributed by atoms with Crippen LogP contribution in [0.1, 0.15) is 6.92 Å². The lowest BCUT2D eigenvalue weighted by atomic mass is 10.3. The number of hydrogen-bond acceptors (Lipinski definition) is 1. The van der Waals surface area contributed by atoms with Gasteiger partial charge in [0.05, 0.1) is 14.2 Å². The van der Waals surface area contributed by atoms with Gasteiger partial charge in [0, 0.05) is 0 Å². The van der Waals surface area contributed by atoms with E-state index in [1.165, 1.54) is 0 Å². The van der Waals surface area contributed by atoms with Crippen LogP contribution in [0.15, 0.2) is 29.7 Å². The fourth-order valence-electron chi connectivity index (χ4n) is 1.09. The molecule has 0 bridgehead atoms. The summed E-state index contributed by atoms with van der Waals surface area (Å²) in [7, 11) is -1.45. The molecule has 68 valence electrons. The van der Waals surface area contributed by atoms with Crippen LogP contribution in [-0.2, 0) is 0 Å². The van der Waals surface area contributed by atoms with Gasteiger partial charge in [0.1, 0.15) is 0 Å². The molecule has 0 unspecified atom stereocenters. The number of hydrogen-bond donors (Lipinski definition) is 1. The van der Waals surface area contributed by atoms with Gasteiger partial charge in [0.15, 0.2) is 0 Å². The second-order valence-corrected chi connectivity index (χ2v) is 8.85. The Bertz CT molecular complexity index is 216. The van der Waals surface area contributed by atoms with Crippen LogP contribution in [0.2, 0.25) is 19.6 Å². The molecule has 1 nitrogen and oxygen atoms in total. The smallest absolute Gasteiger partial charge is 0.0968 e. The highest BCUT2D eigenvalue weighted by atomic mass is 28.3. The fraction of sp³-hybridized carbons (Fsp3) is 0.500. The predicted molar refractivity (Wildman–Crippen MR) is 56.8 cm³/mol. The second-order valence-electron chi connectivity index (χ2n) is 3.81. The normalized spacial score (nSPS) is 14.4. The van der Waals surface area contributed by atoms with Gasteiger partial charge in [-0.3, -0.25) is 0 Å². The predicted octanol–water partition coefficient (Wildman–Crippen LogP) is 2.51. The Labute approximate surface area is 76.1 Å². The molecule has 0 aliphatic carbocycles. The largest absolute Gasteiger partial charge is 0.384 e. The van der Waals surface area contributed by atoms with Gasteiger partial charge in [0.25, 0.3) is 0 Å². The van der Waals surface area contributed by atoms with Crippen LogP contribution in [0.4, 0.5) is 0 Å². The van der Waals surface area contributed by atoms with E-state index in [2.05, 4.69) is 32.0 Å². The lowest BCUT2D eigenvalue weighted by molar-refractivity contribution is 0.266. The summed E-state index contributed by atoms with van der Waals surface area (Å²) in [4.78, 5) is 0. The zero-order valence-electron chi connectivity index (χ0n) is 8.39. The van der Waals surface area contributed by atoms with Crippen molar-refractivity contribution < 1.29 is 5.11 Å². The maximum Gasteiger partial charge on any atom is 0.0968 e. The zero-order chi connectivity index (χ0) is 9.78. The van der Waals surface area contributed by atoms with Crippen molar-refractivity contribution in [3.05, 3.63) is 29.7 Å². The highest BCUT2D eigenvalue weighted by Gasteiger charge is 2.23. The number of aliphatic hydroxyl groups excluding tert-OH is 1. The molecule has 0 saturated heterocycles. The Hall–Kier alpha value is -0.563. The minimum atomic E-state index is -1.45. The van der Waals surface area contributed by atoms with Gasteiger partial charge in [-0.15, -0.1) is 5.73 Å². The van der Waals surface area contributed by atoms with E-state index in [0.717, 1.165) is 5.20 Å². The molecule has 0 aliphatic rings. The third-order valence-corrected chi connectivity index (χ3v) is 3.76. The molecule has 1 atom stereocenters. The molecule has 0 amide bonds. The average Bonchev–Trinajstić information content (AvgIpc) is 1.85. The molecule has 0 saturated carbocycles. The first-order valence-electron chi connectivity index (χ1n) is 4.14. The van der Waals surface area contributed by atoms with Gasteiger partial charge in [-0.25, -0.2) is 0 Å². The van der Waals surface area contributed by atoms with Crippen LogP contribution in [0.5, 0.6) is 0 Å². The molecule has 12 heavy (non-hydrogen) atoms. The van der Waals surface area contributed by atoms with E-state index < -0.39 is 14.2 Å². The summed E-state index contributed by atoms with van der Waals surface area (Å²) in [5, 5.41) is 10.6. The summed E-state index contributed by atoms with van der Waals surface area (Å²) >= 11 is 0. The molecule has 1 N–H and O–H groups in total. The first-order chi connectivity index (χ1) is 5.43. The summed E-state index contributed by atoms with van der Waals surface area (Å²) in [6, 6.07) is 0. The van der Waals surface area contributed by atoms with Crippen LogP contribution in [-0.4, -0.2) is 19.3 Å². The van der Waals surface area contributed by atoms with Crippen LogP contribution < -0.4 is 0 Å². The van der Waals surface area contributed by atoms with Gasteiger partial charge in [0.2, 0.25) is 0 Å². The Morgan fingerprint density at radius 3 is 2.25 bits per heavy atom. The first kappa shape index (κ1) is 11.4. The molecular formula is C10H18OSi. The van der Waals surface area contributed by atoms with E-state index in [-0.39, 0.29) is 0 Å². The van der Waals surface area contributed by atoms with Crippen molar-refractivity contribution >= 4 is 8.07 Å². The molecule has 0 fully saturated rings. The van der Waals surface area contributed by atoms with Crippen molar-refractivity contribution in [3.8, 4) is 0 Å². The Kier molecular flexibility index (Phi) is 4.25. The third kappa shape index (κ3) is 3.22. The van der Waals surface area contributed by atoms with Gasteiger partial charge < -0.3 is 5.11 Å². The second kappa shape index (κ2) is 4.46. The fourth-order valence-corrected chi connectivity index (χ4v) is 2.61. The highest BCUT2D eigenvalue weighted by Crippen LogP contribution is 2.17. The third-order valence-electron chi connectivity index (χ3n) is 1.67. The lowest BCUT2D eigenvalue weighted by Crippen LogP contribution is -2.30. The van der Waals surface area contributed by atoms with Crippen molar-refractivity contribution in [2.75, 3.05) is 0 Å². The Morgan fingerprint density at radius 2 is 2.00 bits per heavy atom. The number of allylic oxidation sites excluding steroid dienone is 1. The maximum absolute atomic E-state index is 9.65. The number of aliphatic hydroxyl groups is 1. The zero-order valence-corrected chi connectivity index (χ0v) is 9.39. The molecule has 0 aromatic heterocycles. The molecule has 0 aliphatic heterocycles. The van der Waals surface area contributed by atoms with Crippen molar-refractivity contribution in [2.45, 2.75) is 32.7 Å². The molecular weight excluding hydrogens is 164 g/mol. The van der Waals surface area contributed by atoms with Crippen LogP contribution in [0.25, 0.3) is 0 Å². The summed E-state index contributed by atoms with van der Waals surface area (Å²) in [6.45, 7) is 12.0. The maximum atomic E-state index is 9.65. The van der Waals surface area contributed by atoms with Gasteiger partial charge >= 0.3 is 0 Å². The monoisotopic (exact) mass is 182 g/mol. The SMILES string of the molecule is C=C=C([C@@H](O)/C=C/C)[Si](C)(C)C. The van der Waals surface area contributed by atoms with E-state index in [4.69, 9.17) is 0 Å². The summed E-state index contributed by atoms with van der Waals surface area (Å²) in [5.41, 5.74) is 2.85. The molecule has 0 radical (unpaired) electrons. The minimum absolute atomic E-state index is 0.487. The highest BCUT2D eigenvalue weighted by molar-refractivity contribution is 6.83. The topological polar surface area (TPSA) is 20.2 Å². The first-order valence-corrected chi connectivity index (χ1v) is 7.64. The van der Waals surface area contributed by atoms with Crippen molar-refractivity contribution in [1.29, 1.82) is 0 Å². The molecule has 0 aromatic rings. The van der Waals surface area contributed by atoms with Gasteiger partial charge in [-0.2, -0.15) is 0 Å². The van der Waals surface area contributed by atoms with E-state index >= 15 is 0 Å². The number of rotatable bonds is 3. The molecule has 0 aromatic carbocycles.